The number of thiophene rings is 1. The van der Waals surface area contributed by atoms with E-state index in [0.717, 1.165) is 17.5 Å². The molecule has 2 heterocycles. The molecule has 3 aromatic rings. The second kappa shape index (κ2) is 7.92. The highest BCUT2D eigenvalue weighted by Gasteiger charge is 2.16. The molecule has 8 heteroatoms. The highest BCUT2D eigenvalue weighted by atomic mass is 32.1. The average Bonchev–Trinajstić information content (AvgIpc) is 3.30. The number of carbonyl (C=O) groups is 1. The van der Waals surface area contributed by atoms with Crippen molar-refractivity contribution in [2.45, 2.75) is 25.9 Å². The molecular formula is C18H18N4O3S. The third-order valence-corrected chi connectivity index (χ3v) is 4.95. The van der Waals surface area contributed by atoms with Crippen LogP contribution >= 0.6 is 11.3 Å². The maximum atomic E-state index is 12.5. The van der Waals surface area contributed by atoms with Crippen LogP contribution in [0.15, 0.2) is 54.2 Å². The first kappa shape index (κ1) is 17.8. The Kier molecular flexibility index (Phi) is 5.43. The Morgan fingerprint density at radius 3 is 2.81 bits per heavy atom. The Morgan fingerprint density at radius 1 is 1.38 bits per heavy atom. The summed E-state index contributed by atoms with van der Waals surface area (Å²) in [5.41, 5.74) is 1.90. The molecule has 1 aromatic carbocycles. The quantitative estimate of drug-likeness (QED) is 0.506. The molecular weight excluding hydrogens is 352 g/mol. The van der Waals surface area contributed by atoms with Crippen LogP contribution in [0, 0.1) is 10.1 Å². The second-order valence-electron chi connectivity index (χ2n) is 5.82. The largest absolute Gasteiger partial charge is 0.345 e. The summed E-state index contributed by atoms with van der Waals surface area (Å²) >= 11 is 1.35. The number of hydrogen-bond acceptors (Lipinski definition) is 5. The minimum atomic E-state index is -0.482. The van der Waals surface area contributed by atoms with Crippen LogP contribution in [0.2, 0.25) is 0 Å². The van der Waals surface area contributed by atoms with Gasteiger partial charge in [0.2, 0.25) is 0 Å². The van der Waals surface area contributed by atoms with E-state index in [1.165, 1.54) is 28.4 Å². The molecule has 0 aliphatic heterocycles. The summed E-state index contributed by atoms with van der Waals surface area (Å²) in [7, 11) is 0. The van der Waals surface area contributed by atoms with Gasteiger partial charge in [-0.2, -0.15) is 5.10 Å². The minimum Gasteiger partial charge on any atom is -0.345 e. The van der Waals surface area contributed by atoms with E-state index in [2.05, 4.69) is 10.4 Å². The van der Waals surface area contributed by atoms with Crippen LogP contribution in [0.5, 0.6) is 0 Å². The zero-order valence-electron chi connectivity index (χ0n) is 14.2. The average molecular weight is 370 g/mol. The molecule has 1 amide bonds. The Morgan fingerprint density at radius 2 is 2.15 bits per heavy atom. The van der Waals surface area contributed by atoms with Crippen molar-refractivity contribution in [1.82, 2.24) is 15.1 Å². The maximum Gasteiger partial charge on any atom is 0.307 e. The fraction of sp³-hybridized carbons (Fsp3) is 0.222. The molecule has 0 fully saturated rings. The summed E-state index contributed by atoms with van der Waals surface area (Å²) in [5.74, 6) is -0.122. The van der Waals surface area contributed by atoms with Gasteiger partial charge in [-0.3, -0.25) is 19.6 Å². The van der Waals surface area contributed by atoms with Crippen LogP contribution in [-0.2, 0) is 6.54 Å². The zero-order valence-corrected chi connectivity index (χ0v) is 15.0. The number of nitrogens with zero attached hydrogens (tertiary/aromatic N) is 3. The molecule has 134 valence electrons. The lowest BCUT2D eigenvalue weighted by Gasteiger charge is -2.16. The number of carbonyl (C=O) groups excluding carboxylic acids is 1. The van der Waals surface area contributed by atoms with Crippen molar-refractivity contribution in [1.29, 1.82) is 0 Å². The van der Waals surface area contributed by atoms with Gasteiger partial charge in [0, 0.05) is 0 Å². The number of aromatic nitrogens is 2. The first-order valence-corrected chi connectivity index (χ1v) is 9.05. The number of nitrogens with one attached hydrogen (secondary N) is 1. The first-order chi connectivity index (χ1) is 12.6. The van der Waals surface area contributed by atoms with E-state index in [4.69, 9.17) is 0 Å². The number of hydrogen-bond donors (Lipinski definition) is 1. The summed E-state index contributed by atoms with van der Waals surface area (Å²) < 4.78 is 1.49. The van der Waals surface area contributed by atoms with Crippen molar-refractivity contribution in [2.24, 2.45) is 0 Å². The molecule has 0 bridgehead atoms. The Bertz CT molecular complexity index is 904. The van der Waals surface area contributed by atoms with Crippen LogP contribution in [0.3, 0.4) is 0 Å². The molecule has 7 nitrogen and oxygen atoms in total. The predicted molar refractivity (Wildman–Crippen MR) is 99.2 cm³/mol. The van der Waals surface area contributed by atoms with Gasteiger partial charge in [-0.15, -0.1) is 11.3 Å². The summed E-state index contributed by atoms with van der Waals surface area (Å²) in [6.07, 6.45) is 3.39. The molecule has 1 unspecified atom stereocenters. The van der Waals surface area contributed by atoms with E-state index in [-0.39, 0.29) is 17.6 Å². The highest BCUT2D eigenvalue weighted by Crippen LogP contribution is 2.20. The van der Waals surface area contributed by atoms with Crippen molar-refractivity contribution in [2.75, 3.05) is 0 Å². The molecule has 0 aliphatic carbocycles. The lowest BCUT2D eigenvalue weighted by atomic mass is 10.0. The summed E-state index contributed by atoms with van der Waals surface area (Å²) in [6, 6.07) is 11.6. The van der Waals surface area contributed by atoms with Gasteiger partial charge in [-0.05, 0) is 29.0 Å². The molecule has 3 rings (SSSR count). The fourth-order valence-electron chi connectivity index (χ4n) is 2.63. The number of benzene rings is 1. The standard InChI is InChI=1S/C18H18N4O3S/c1-2-16(14-6-4-3-5-7-14)20-18(23)17-8-13(12-26-17)10-21-11-15(9-19-21)22(24)25/h3-9,11-12,16H,2,10H2,1H3,(H,20,23). The van der Waals surface area contributed by atoms with Crippen LogP contribution in [0.25, 0.3) is 0 Å². The van der Waals surface area contributed by atoms with Gasteiger partial charge in [0.15, 0.2) is 0 Å². The second-order valence-corrected chi connectivity index (χ2v) is 6.73. The van der Waals surface area contributed by atoms with Gasteiger partial charge in [-0.25, -0.2) is 0 Å². The first-order valence-electron chi connectivity index (χ1n) is 8.17. The van der Waals surface area contributed by atoms with Crippen LogP contribution in [0.4, 0.5) is 5.69 Å². The van der Waals surface area contributed by atoms with Crippen molar-refractivity contribution in [3.05, 3.63) is 80.3 Å². The van der Waals surface area contributed by atoms with E-state index >= 15 is 0 Å². The highest BCUT2D eigenvalue weighted by molar-refractivity contribution is 7.12. The van der Waals surface area contributed by atoms with Crippen LogP contribution in [-0.4, -0.2) is 20.6 Å². The smallest absolute Gasteiger partial charge is 0.307 e. The monoisotopic (exact) mass is 370 g/mol. The van der Waals surface area contributed by atoms with Gasteiger partial charge >= 0.3 is 5.69 Å². The third-order valence-electron chi connectivity index (χ3n) is 3.97. The van der Waals surface area contributed by atoms with E-state index in [0.29, 0.717) is 11.4 Å². The van der Waals surface area contributed by atoms with Gasteiger partial charge in [0.05, 0.1) is 22.4 Å². The Labute approximate surface area is 154 Å². The van der Waals surface area contributed by atoms with Gasteiger partial charge < -0.3 is 5.32 Å². The zero-order chi connectivity index (χ0) is 18.5. The van der Waals surface area contributed by atoms with Gasteiger partial charge in [0.25, 0.3) is 5.91 Å². The van der Waals surface area contributed by atoms with E-state index in [9.17, 15) is 14.9 Å². The van der Waals surface area contributed by atoms with Gasteiger partial charge in [-0.1, -0.05) is 37.3 Å². The number of amides is 1. The van der Waals surface area contributed by atoms with Crippen LogP contribution < -0.4 is 5.32 Å². The molecule has 0 saturated carbocycles. The molecule has 26 heavy (non-hydrogen) atoms. The van der Waals surface area contributed by atoms with Crippen LogP contribution in [0.1, 0.15) is 40.2 Å². The predicted octanol–water partition coefficient (Wildman–Crippen LogP) is 3.78. The van der Waals surface area contributed by atoms with Crippen molar-refractivity contribution in [3.63, 3.8) is 0 Å². The molecule has 0 aliphatic rings. The van der Waals surface area contributed by atoms with Gasteiger partial charge in [0.1, 0.15) is 12.4 Å². The van der Waals surface area contributed by atoms with E-state index in [1.807, 2.05) is 42.6 Å². The lowest BCUT2D eigenvalue weighted by molar-refractivity contribution is -0.385. The SMILES string of the molecule is CCC(NC(=O)c1cc(Cn2cc([N+](=O)[O-])cn2)cs1)c1ccccc1. The molecule has 2 aromatic heterocycles. The molecule has 0 saturated heterocycles. The van der Waals surface area contributed by atoms with Crippen molar-refractivity contribution in [3.8, 4) is 0 Å². The van der Waals surface area contributed by atoms with E-state index < -0.39 is 4.92 Å². The fourth-order valence-corrected chi connectivity index (χ4v) is 3.44. The molecule has 1 N–H and O–H groups in total. The van der Waals surface area contributed by atoms with Crippen molar-refractivity contribution < 1.29 is 9.72 Å². The molecule has 1 atom stereocenters. The molecule has 0 spiro atoms. The summed E-state index contributed by atoms with van der Waals surface area (Å²) in [4.78, 5) is 23.4. The summed E-state index contributed by atoms with van der Waals surface area (Å²) in [6.45, 7) is 2.41. The maximum absolute atomic E-state index is 12.5. The normalized spacial score (nSPS) is 11.9. The topological polar surface area (TPSA) is 90.1 Å². The number of rotatable bonds is 7. The van der Waals surface area contributed by atoms with E-state index in [1.54, 1.807) is 6.07 Å². The molecule has 0 radical (unpaired) electrons. The lowest BCUT2D eigenvalue weighted by Crippen LogP contribution is -2.27. The number of nitro groups is 1. The minimum absolute atomic E-state index is 0.0389. The Hall–Kier alpha value is -3.00. The third kappa shape index (κ3) is 4.15. The van der Waals surface area contributed by atoms with Crippen molar-refractivity contribution >= 4 is 22.9 Å². The Balaban J connectivity index is 1.66. The summed E-state index contributed by atoms with van der Waals surface area (Å²) in [5, 5.41) is 19.6.